The van der Waals surface area contributed by atoms with Crippen LogP contribution in [0.3, 0.4) is 0 Å². The number of nitriles is 1. The van der Waals surface area contributed by atoms with Gasteiger partial charge in [0.2, 0.25) is 0 Å². The second kappa shape index (κ2) is 9.64. The van der Waals surface area contributed by atoms with Crippen molar-refractivity contribution in [2.75, 3.05) is 37.4 Å². The molecule has 2 aliphatic rings. The standard InChI is InChI=1S/C28H28N6O3/c1-18-24(32-26(35)20-5-7-25(31-15-20)33(2)3)13-21(16-30-18)27(36)34-10-8-28(9-11-34)23-6-4-19(14-29)12-22(23)17-37-28/h4-7,12-13,15-16H,8-11,17H2,1-3H3,(H,32,35). The lowest BCUT2D eigenvalue weighted by atomic mass is 9.83. The van der Waals surface area contributed by atoms with Crippen molar-refractivity contribution >= 4 is 23.3 Å². The van der Waals surface area contributed by atoms with Gasteiger partial charge in [0.1, 0.15) is 5.82 Å². The van der Waals surface area contributed by atoms with E-state index in [1.165, 1.54) is 6.20 Å². The maximum atomic E-state index is 13.3. The molecule has 0 bridgehead atoms. The van der Waals surface area contributed by atoms with E-state index < -0.39 is 5.60 Å². The Balaban J connectivity index is 1.27. The second-order valence-electron chi connectivity index (χ2n) is 9.67. The van der Waals surface area contributed by atoms with Gasteiger partial charge in [-0.25, -0.2) is 4.98 Å². The summed E-state index contributed by atoms with van der Waals surface area (Å²) in [5.74, 6) is 0.306. The average molecular weight is 497 g/mol. The minimum atomic E-state index is -0.416. The monoisotopic (exact) mass is 496 g/mol. The van der Waals surface area contributed by atoms with Crippen molar-refractivity contribution in [2.24, 2.45) is 0 Å². The van der Waals surface area contributed by atoms with Crippen LogP contribution < -0.4 is 10.2 Å². The highest BCUT2D eigenvalue weighted by Crippen LogP contribution is 2.44. The lowest BCUT2D eigenvalue weighted by Gasteiger charge is -2.39. The van der Waals surface area contributed by atoms with Crippen LogP contribution in [0.4, 0.5) is 11.5 Å². The maximum absolute atomic E-state index is 13.3. The van der Waals surface area contributed by atoms with Gasteiger partial charge in [0.25, 0.3) is 11.8 Å². The molecule has 3 aromatic rings. The third-order valence-corrected chi connectivity index (χ3v) is 7.14. The molecule has 0 saturated carbocycles. The quantitative estimate of drug-likeness (QED) is 0.587. The summed E-state index contributed by atoms with van der Waals surface area (Å²) in [6.07, 6.45) is 4.43. The van der Waals surface area contributed by atoms with E-state index >= 15 is 0 Å². The van der Waals surface area contributed by atoms with Crippen LogP contribution in [0.5, 0.6) is 0 Å². The number of carbonyl (C=O) groups excluding carboxylic acids is 2. The van der Waals surface area contributed by atoms with Gasteiger partial charge in [-0.15, -0.1) is 0 Å². The Morgan fingerprint density at radius 3 is 2.51 bits per heavy atom. The van der Waals surface area contributed by atoms with Crippen LogP contribution >= 0.6 is 0 Å². The molecule has 9 nitrogen and oxygen atoms in total. The number of aromatic nitrogens is 2. The topological polar surface area (TPSA) is 111 Å². The third kappa shape index (κ3) is 4.63. The van der Waals surface area contributed by atoms with Crippen LogP contribution in [-0.4, -0.2) is 53.9 Å². The smallest absolute Gasteiger partial charge is 0.257 e. The summed E-state index contributed by atoms with van der Waals surface area (Å²) in [7, 11) is 3.76. The zero-order valence-corrected chi connectivity index (χ0v) is 21.1. The molecule has 1 spiro atoms. The molecule has 188 valence electrons. The molecule has 37 heavy (non-hydrogen) atoms. The van der Waals surface area contributed by atoms with Gasteiger partial charge in [-0.1, -0.05) is 6.07 Å². The summed E-state index contributed by atoms with van der Waals surface area (Å²) >= 11 is 0. The van der Waals surface area contributed by atoms with E-state index in [0.717, 1.165) is 16.9 Å². The summed E-state index contributed by atoms with van der Waals surface area (Å²) in [5, 5.41) is 12.0. The Morgan fingerprint density at radius 1 is 1.08 bits per heavy atom. The lowest BCUT2D eigenvalue weighted by Crippen LogP contribution is -2.45. The minimum Gasteiger partial charge on any atom is -0.365 e. The van der Waals surface area contributed by atoms with Crippen molar-refractivity contribution in [3.05, 3.63) is 82.3 Å². The van der Waals surface area contributed by atoms with E-state index in [9.17, 15) is 14.9 Å². The molecule has 1 N–H and O–H groups in total. The van der Waals surface area contributed by atoms with Crippen LogP contribution in [0, 0.1) is 18.3 Å². The lowest BCUT2D eigenvalue weighted by molar-refractivity contribution is -0.0741. The van der Waals surface area contributed by atoms with Crippen molar-refractivity contribution in [3.8, 4) is 6.07 Å². The van der Waals surface area contributed by atoms with Gasteiger partial charge >= 0.3 is 0 Å². The first-order chi connectivity index (χ1) is 17.8. The molecule has 0 unspecified atom stereocenters. The number of nitrogens with one attached hydrogen (secondary N) is 1. The Labute approximate surface area is 215 Å². The molecular weight excluding hydrogens is 468 g/mol. The summed E-state index contributed by atoms with van der Waals surface area (Å²) < 4.78 is 6.21. The van der Waals surface area contributed by atoms with Gasteiger partial charge in [-0.3, -0.25) is 14.6 Å². The Morgan fingerprint density at radius 2 is 1.84 bits per heavy atom. The fraction of sp³-hybridized carbons (Fsp3) is 0.321. The highest BCUT2D eigenvalue weighted by molar-refractivity contribution is 6.05. The number of likely N-dealkylation sites (tertiary alicyclic amines) is 1. The zero-order chi connectivity index (χ0) is 26.2. The number of amides is 2. The number of anilines is 2. The third-order valence-electron chi connectivity index (χ3n) is 7.14. The molecule has 2 aromatic heterocycles. The number of ether oxygens (including phenoxy) is 1. The number of pyridine rings is 2. The van der Waals surface area contributed by atoms with Crippen LogP contribution in [0.25, 0.3) is 0 Å². The molecule has 0 atom stereocenters. The van der Waals surface area contributed by atoms with Gasteiger partial charge in [0.15, 0.2) is 0 Å². The van der Waals surface area contributed by atoms with Crippen molar-refractivity contribution in [1.82, 2.24) is 14.9 Å². The number of hydrogen-bond acceptors (Lipinski definition) is 7. The van der Waals surface area contributed by atoms with Crippen LogP contribution in [-0.2, 0) is 16.9 Å². The van der Waals surface area contributed by atoms with Gasteiger partial charge in [-0.05, 0) is 61.2 Å². The molecule has 0 radical (unpaired) electrons. The number of aryl methyl sites for hydroxylation is 1. The first kappa shape index (κ1) is 24.4. The molecular formula is C28H28N6O3. The zero-order valence-electron chi connectivity index (χ0n) is 21.1. The molecule has 9 heteroatoms. The number of fused-ring (bicyclic) bond motifs is 2. The first-order valence-electron chi connectivity index (χ1n) is 12.2. The summed E-state index contributed by atoms with van der Waals surface area (Å²) in [6, 6.07) is 13.1. The van der Waals surface area contributed by atoms with Crippen LogP contribution in [0.2, 0.25) is 0 Å². The van der Waals surface area contributed by atoms with Gasteiger partial charge in [0.05, 0.1) is 46.3 Å². The molecule has 0 aliphatic carbocycles. The van der Waals surface area contributed by atoms with Gasteiger partial charge < -0.3 is 19.9 Å². The average Bonchev–Trinajstić information content (AvgIpc) is 3.26. The summed E-state index contributed by atoms with van der Waals surface area (Å²) in [6.45, 7) is 3.35. The van der Waals surface area contributed by atoms with E-state index in [1.54, 1.807) is 36.2 Å². The van der Waals surface area contributed by atoms with E-state index in [-0.39, 0.29) is 11.8 Å². The highest BCUT2D eigenvalue weighted by atomic mass is 16.5. The van der Waals surface area contributed by atoms with Crippen molar-refractivity contribution < 1.29 is 14.3 Å². The van der Waals surface area contributed by atoms with E-state index in [0.29, 0.717) is 60.6 Å². The minimum absolute atomic E-state index is 0.132. The Kier molecular flexibility index (Phi) is 6.36. The van der Waals surface area contributed by atoms with Crippen molar-refractivity contribution in [1.29, 1.82) is 5.26 Å². The maximum Gasteiger partial charge on any atom is 0.257 e. The number of carbonyl (C=O) groups is 2. The molecule has 1 aromatic carbocycles. The molecule has 4 heterocycles. The fourth-order valence-electron chi connectivity index (χ4n) is 4.94. The van der Waals surface area contributed by atoms with Crippen molar-refractivity contribution in [3.63, 3.8) is 0 Å². The first-order valence-corrected chi connectivity index (χ1v) is 12.2. The summed E-state index contributed by atoms with van der Waals surface area (Å²) in [4.78, 5) is 38.4. The molecule has 2 aliphatic heterocycles. The van der Waals surface area contributed by atoms with Gasteiger partial charge in [-0.2, -0.15) is 5.26 Å². The fourth-order valence-corrected chi connectivity index (χ4v) is 4.94. The molecule has 1 saturated heterocycles. The molecule has 1 fully saturated rings. The number of benzene rings is 1. The SMILES string of the molecule is Cc1ncc(C(=O)N2CCC3(CC2)OCc2cc(C#N)ccc23)cc1NC(=O)c1ccc(N(C)C)nc1. The van der Waals surface area contributed by atoms with E-state index in [1.807, 2.05) is 37.2 Å². The molecule has 5 rings (SSSR count). The Hall–Kier alpha value is -4.29. The number of piperidine rings is 1. The van der Waals surface area contributed by atoms with E-state index in [4.69, 9.17) is 4.74 Å². The summed E-state index contributed by atoms with van der Waals surface area (Å²) in [5.41, 5.74) is 4.33. The van der Waals surface area contributed by atoms with Crippen molar-refractivity contribution in [2.45, 2.75) is 32.0 Å². The number of nitrogens with zero attached hydrogens (tertiary/aromatic N) is 5. The predicted molar refractivity (Wildman–Crippen MR) is 138 cm³/mol. The van der Waals surface area contributed by atoms with Crippen LogP contribution in [0.15, 0.2) is 48.8 Å². The highest BCUT2D eigenvalue weighted by Gasteiger charge is 2.43. The van der Waals surface area contributed by atoms with Gasteiger partial charge in [0, 0.05) is 39.6 Å². The second-order valence-corrected chi connectivity index (χ2v) is 9.67. The Bertz CT molecular complexity index is 1400. The van der Waals surface area contributed by atoms with E-state index in [2.05, 4.69) is 21.4 Å². The largest absolute Gasteiger partial charge is 0.365 e. The van der Waals surface area contributed by atoms with Crippen LogP contribution in [0.1, 0.15) is 55.9 Å². The number of rotatable bonds is 4. The normalized spacial score (nSPS) is 15.7. The number of hydrogen-bond donors (Lipinski definition) is 1. The molecule has 2 amide bonds. The predicted octanol–water partition coefficient (Wildman–Crippen LogP) is 3.64.